The lowest BCUT2D eigenvalue weighted by atomic mass is 10.2. The van der Waals surface area contributed by atoms with Crippen molar-refractivity contribution in [2.45, 2.75) is 0 Å². The van der Waals surface area contributed by atoms with Crippen molar-refractivity contribution < 1.29 is 19.8 Å². The fraction of sp³-hybridized carbons (Fsp3) is 0.111. The Morgan fingerprint density at radius 1 is 1.44 bits per heavy atom. The second-order valence-electron chi connectivity index (χ2n) is 2.84. The van der Waals surface area contributed by atoms with E-state index in [1.807, 2.05) is 22.6 Å². The van der Waals surface area contributed by atoms with Crippen LogP contribution in [-0.4, -0.2) is 26.5 Å². The monoisotopic (exact) mass is 399 g/mol. The molecule has 0 saturated heterocycles. The molecule has 0 aliphatic carbocycles. The lowest BCUT2D eigenvalue weighted by molar-refractivity contribution is -0.113. The van der Waals surface area contributed by atoms with Crippen LogP contribution in [0.4, 0.5) is 5.69 Å². The molecule has 0 atom stereocenters. The fourth-order valence-electron chi connectivity index (χ4n) is 1.01. The van der Waals surface area contributed by atoms with Crippen LogP contribution in [0, 0.1) is 0 Å². The van der Waals surface area contributed by atoms with Gasteiger partial charge in [0.25, 0.3) is 0 Å². The number of carbonyl (C=O) groups excluding carboxylic acids is 1. The van der Waals surface area contributed by atoms with Gasteiger partial charge in [-0.05, 0) is 22.0 Å². The predicted molar refractivity (Wildman–Crippen MR) is 70.3 cm³/mol. The fourth-order valence-corrected chi connectivity index (χ4v) is 1.65. The summed E-state index contributed by atoms with van der Waals surface area (Å²) in [5, 5.41) is 20.7. The molecule has 0 unspecified atom stereocenters. The number of halogens is 2. The Morgan fingerprint density at radius 3 is 2.56 bits per heavy atom. The second kappa shape index (κ2) is 5.48. The second-order valence-corrected chi connectivity index (χ2v) is 4.45. The van der Waals surface area contributed by atoms with Crippen molar-refractivity contribution in [3.63, 3.8) is 0 Å². The summed E-state index contributed by atoms with van der Waals surface area (Å²) in [6, 6.07) is 2.43. The zero-order chi connectivity index (χ0) is 12.3. The molecule has 0 aromatic heterocycles. The van der Waals surface area contributed by atoms with Crippen molar-refractivity contribution in [2.24, 2.45) is 0 Å². The molecule has 0 aliphatic rings. The number of alkyl halides is 1. The molecule has 0 saturated carbocycles. The van der Waals surface area contributed by atoms with Gasteiger partial charge >= 0.3 is 5.97 Å². The topological polar surface area (TPSA) is 86.6 Å². The van der Waals surface area contributed by atoms with Crippen LogP contribution < -0.4 is 5.32 Å². The molecule has 0 fully saturated rings. The van der Waals surface area contributed by atoms with Crippen LogP contribution >= 0.6 is 38.5 Å². The molecular weight excluding hydrogens is 393 g/mol. The Morgan fingerprint density at radius 2 is 2.06 bits per heavy atom. The standard InChI is InChI=1S/C9H7BrINO4/c10-5-1-4(9(15)16)7(13)2-6(5)12-8(14)3-11/h1-2,13H,3H2,(H,12,14)(H,15,16). The lowest BCUT2D eigenvalue weighted by Gasteiger charge is -2.08. The Bertz CT molecular complexity index is 449. The van der Waals surface area contributed by atoms with E-state index in [0.717, 1.165) is 0 Å². The minimum atomic E-state index is -1.23. The maximum Gasteiger partial charge on any atom is 0.339 e. The number of aromatic hydroxyl groups is 1. The largest absolute Gasteiger partial charge is 0.507 e. The highest BCUT2D eigenvalue weighted by Crippen LogP contribution is 2.30. The van der Waals surface area contributed by atoms with Crippen LogP contribution in [0.15, 0.2) is 16.6 Å². The summed E-state index contributed by atoms with van der Waals surface area (Å²) >= 11 is 5.01. The van der Waals surface area contributed by atoms with Gasteiger partial charge in [0.2, 0.25) is 5.91 Å². The predicted octanol–water partition coefficient (Wildman–Crippen LogP) is 2.23. The van der Waals surface area contributed by atoms with Crippen molar-refractivity contribution in [1.82, 2.24) is 0 Å². The molecule has 1 amide bonds. The Labute approximate surface area is 113 Å². The van der Waals surface area contributed by atoms with Crippen LogP contribution in [0.3, 0.4) is 0 Å². The van der Waals surface area contributed by atoms with Gasteiger partial charge in [-0.3, -0.25) is 4.79 Å². The van der Waals surface area contributed by atoms with E-state index >= 15 is 0 Å². The van der Waals surface area contributed by atoms with Gasteiger partial charge in [-0.1, -0.05) is 22.6 Å². The van der Waals surface area contributed by atoms with Gasteiger partial charge in [0.1, 0.15) is 11.3 Å². The maximum absolute atomic E-state index is 11.1. The molecule has 0 spiro atoms. The highest BCUT2D eigenvalue weighted by Gasteiger charge is 2.14. The number of rotatable bonds is 3. The first-order valence-corrected chi connectivity index (χ1v) is 6.39. The summed E-state index contributed by atoms with van der Waals surface area (Å²) in [5.41, 5.74) is 0.114. The van der Waals surface area contributed by atoms with Crippen molar-refractivity contribution in [3.05, 3.63) is 22.2 Å². The SMILES string of the molecule is O=C(CI)Nc1cc(O)c(C(=O)O)cc1Br. The molecule has 5 nitrogen and oxygen atoms in total. The Kier molecular flexibility index (Phi) is 4.54. The Balaban J connectivity index is 3.10. The summed E-state index contributed by atoms with van der Waals surface area (Å²) in [6.45, 7) is 0. The van der Waals surface area contributed by atoms with Crippen LogP contribution in [0.2, 0.25) is 0 Å². The molecule has 0 heterocycles. The number of hydrogen-bond acceptors (Lipinski definition) is 3. The summed E-state index contributed by atoms with van der Waals surface area (Å²) in [5.74, 6) is -1.85. The highest BCUT2D eigenvalue weighted by molar-refractivity contribution is 14.1. The van der Waals surface area contributed by atoms with Gasteiger partial charge in [0.05, 0.1) is 10.1 Å². The zero-order valence-electron chi connectivity index (χ0n) is 7.83. The number of hydrogen-bond donors (Lipinski definition) is 3. The molecule has 3 N–H and O–H groups in total. The molecule has 1 rings (SSSR count). The van der Waals surface area contributed by atoms with Gasteiger partial charge in [-0.2, -0.15) is 0 Å². The highest BCUT2D eigenvalue weighted by atomic mass is 127. The van der Waals surface area contributed by atoms with Gasteiger partial charge in [-0.25, -0.2) is 4.79 Å². The van der Waals surface area contributed by atoms with E-state index in [-0.39, 0.29) is 21.6 Å². The summed E-state index contributed by atoms with van der Waals surface area (Å²) in [7, 11) is 0. The van der Waals surface area contributed by atoms with Crippen molar-refractivity contribution in [2.75, 3.05) is 9.74 Å². The minimum absolute atomic E-state index is 0.223. The number of carbonyl (C=O) groups is 2. The average molecular weight is 400 g/mol. The van der Waals surface area contributed by atoms with E-state index in [1.54, 1.807) is 0 Å². The minimum Gasteiger partial charge on any atom is -0.507 e. The van der Waals surface area contributed by atoms with Gasteiger partial charge < -0.3 is 15.5 Å². The van der Waals surface area contributed by atoms with Gasteiger partial charge in [0, 0.05) is 10.5 Å². The molecule has 16 heavy (non-hydrogen) atoms. The zero-order valence-corrected chi connectivity index (χ0v) is 11.6. The number of carboxylic acids is 1. The first-order chi connectivity index (χ1) is 7.45. The molecular formula is C9H7BrINO4. The smallest absolute Gasteiger partial charge is 0.339 e. The van der Waals surface area contributed by atoms with Crippen LogP contribution in [0.5, 0.6) is 5.75 Å². The molecule has 1 aromatic rings. The summed E-state index contributed by atoms with van der Waals surface area (Å²) < 4.78 is 0.673. The third kappa shape index (κ3) is 3.08. The third-order valence-corrected chi connectivity index (χ3v) is 3.06. The van der Waals surface area contributed by atoms with Crippen LogP contribution in [0.1, 0.15) is 10.4 Å². The number of aromatic carboxylic acids is 1. The molecule has 0 bridgehead atoms. The molecule has 1 aromatic carbocycles. The first-order valence-electron chi connectivity index (χ1n) is 4.07. The van der Waals surface area contributed by atoms with E-state index in [2.05, 4.69) is 21.2 Å². The van der Waals surface area contributed by atoms with Crippen molar-refractivity contribution >= 4 is 56.1 Å². The lowest BCUT2D eigenvalue weighted by Crippen LogP contribution is -2.13. The summed E-state index contributed by atoms with van der Waals surface area (Å²) in [6.07, 6.45) is 0. The number of amides is 1. The first kappa shape index (κ1) is 13.2. The number of carboxylic acid groups (broad SMARTS) is 1. The molecule has 7 heteroatoms. The van der Waals surface area contributed by atoms with E-state index in [9.17, 15) is 14.7 Å². The quantitative estimate of drug-likeness (QED) is 0.537. The van der Waals surface area contributed by atoms with Gasteiger partial charge in [-0.15, -0.1) is 0 Å². The molecule has 86 valence electrons. The normalized spacial score (nSPS) is 9.88. The van der Waals surface area contributed by atoms with E-state index in [4.69, 9.17) is 5.11 Å². The van der Waals surface area contributed by atoms with E-state index < -0.39 is 5.97 Å². The van der Waals surface area contributed by atoms with E-state index in [1.165, 1.54) is 12.1 Å². The average Bonchev–Trinajstić information content (AvgIpc) is 2.22. The van der Waals surface area contributed by atoms with Crippen molar-refractivity contribution in [3.8, 4) is 5.75 Å². The molecule has 0 aliphatic heterocycles. The Hall–Kier alpha value is -0.830. The van der Waals surface area contributed by atoms with Crippen LogP contribution in [-0.2, 0) is 4.79 Å². The van der Waals surface area contributed by atoms with Gasteiger partial charge in [0.15, 0.2) is 0 Å². The van der Waals surface area contributed by atoms with Crippen LogP contribution in [0.25, 0.3) is 0 Å². The number of phenols is 1. The van der Waals surface area contributed by atoms with Crippen molar-refractivity contribution in [1.29, 1.82) is 0 Å². The maximum atomic E-state index is 11.1. The number of benzene rings is 1. The van der Waals surface area contributed by atoms with E-state index in [0.29, 0.717) is 10.2 Å². The summed E-state index contributed by atoms with van der Waals surface area (Å²) in [4.78, 5) is 21.8. The number of anilines is 1. The number of nitrogens with one attached hydrogen (secondary N) is 1. The molecule has 0 radical (unpaired) electrons. The third-order valence-electron chi connectivity index (χ3n) is 1.71.